The largest absolute Gasteiger partial charge is 0.465 e. The average molecular weight is 348 g/mol. The number of esters is 1. The van der Waals surface area contributed by atoms with E-state index in [-0.39, 0.29) is 5.97 Å². The van der Waals surface area contributed by atoms with E-state index in [0.29, 0.717) is 24.6 Å². The topological polar surface area (TPSA) is 38.3 Å². The van der Waals surface area contributed by atoms with E-state index < -0.39 is 0 Å². The molecule has 1 fully saturated rings. The van der Waals surface area contributed by atoms with Crippen molar-refractivity contribution in [2.24, 2.45) is 5.41 Å². The molecule has 0 aromatic heterocycles. The lowest BCUT2D eigenvalue weighted by Gasteiger charge is -2.36. The lowest BCUT2D eigenvalue weighted by atomic mass is 9.73. The summed E-state index contributed by atoms with van der Waals surface area (Å²) >= 11 is 0. The Bertz CT molecular complexity index is 494. The van der Waals surface area contributed by atoms with Crippen molar-refractivity contribution in [3.05, 3.63) is 48.0 Å². The van der Waals surface area contributed by atoms with Crippen LogP contribution in [0.15, 0.2) is 42.5 Å². The van der Waals surface area contributed by atoms with Crippen LogP contribution in [0.5, 0.6) is 0 Å². The number of carbonyl (C=O) groups is 1. The first-order chi connectivity index (χ1) is 11.8. The van der Waals surface area contributed by atoms with Gasteiger partial charge in [-0.05, 0) is 38.5 Å². The molecule has 3 heteroatoms. The third-order valence-corrected chi connectivity index (χ3v) is 3.84. The highest BCUT2D eigenvalue weighted by Gasteiger charge is 2.29. The van der Waals surface area contributed by atoms with Crippen LogP contribution in [0.25, 0.3) is 0 Å². The number of benzene rings is 1. The summed E-state index contributed by atoms with van der Waals surface area (Å²) in [7, 11) is 0. The van der Waals surface area contributed by atoms with Crippen molar-refractivity contribution < 1.29 is 9.53 Å². The molecule has 0 spiro atoms. The van der Waals surface area contributed by atoms with Crippen molar-refractivity contribution in [3.63, 3.8) is 0 Å². The Morgan fingerprint density at radius 2 is 1.88 bits per heavy atom. The Morgan fingerprint density at radius 1 is 1.28 bits per heavy atom. The molecule has 1 saturated carbocycles. The molecule has 1 atom stereocenters. The molecule has 1 aromatic carbocycles. The molecule has 0 bridgehead atoms. The normalized spacial score (nSPS) is 18.2. The number of rotatable bonds is 4. The van der Waals surface area contributed by atoms with Gasteiger partial charge in [0.15, 0.2) is 0 Å². The van der Waals surface area contributed by atoms with Crippen LogP contribution >= 0.6 is 0 Å². The minimum absolute atomic E-state index is 0.170. The first kappa shape index (κ1) is 23.4. The Kier molecular flexibility index (Phi) is 11.9. The molecular weight excluding hydrogens is 310 g/mol. The second kappa shape index (κ2) is 12.7. The summed E-state index contributed by atoms with van der Waals surface area (Å²) in [6.07, 6.45) is 3.15. The van der Waals surface area contributed by atoms with Gasteiger partial charge in [0, 0.05) is 6.04 Å². The van der Waals surface area contributed by atoms with E-state index in [4.69, 9.17) is 4.74 Å². The van der Waals surface area contributed by atoms with E-state index in [1.807, 2.05) is 39.0 Å². The number of carbonyl (C=O) groups excluding carboxylic acids is 1. The van der Waals surface area contributed by atoms with Crippen LogP contribution in [0, 0.1) is 12.3 Å². The van der Waals surface area contributed by atoms with Gasteiger partial charge in [0.25, 0.3) is 0 Å². The maximum absolute atomic E-state index is 11.2. The maximum Gasteiger partial charge on any atom is 0.319 e. The Morgan fingerprint density at radius 3 is 2.32 bits per heavy atom. The molecule has 1 aliphatic rings. The predicted molar refractivity (Wildman–Crippen MR) is 108 cm³/mol. The zero-order valence-electron chi connectivity index (χ0n) is 17.0. The van der Waals surface area contributed by atoms with Crippen LogP contribution in [0.2, 0.25) is 0 Å². The standard InChI is InChI=1S/C13H23NO2.C7H8.C2H6/c1-5-16-12(15)9-14-11-6-10(2)7-13(3,4)8-11;1-7-5-3-2-4-6-7;1-2/h11,14H,2,5-9H2,1,3-4H3;2-6H,1H3;1-2H3. The molecule has 0 amide bonds. The van der Waals surface area contributed by atoms with Crippen molar-refractivity contribution in [1.82, 2.24) is 5.32 Å². The van der Waals surface area contributed by atoms with Crippen LogP contribution in [0.4, 0.5) is 0 Å². The fourth-order valence-electron chi connectivity index (χ4n) is 3.03. The Balaban J connectivity index is 0.000000530. The summed E-state index contributed by atoms with van der Waals surface area (Å²) in [6, 6.07) is 10.6. The molecule has 0 heterocycles. The number of hydrogen-bond acceptors (Lipinski definition) is 3. The maximum atomic E-state index is 11.2. The molecule has 0 aliphatic heterocycles. The van der Waals surface area contributed by atoms with Crippen LogP contribution in [0.1, 0.15) is 59.4 Å². The molecule has 1 aromatic rings. The highest BCUT2D eigenvalue weighted by atomic mass is 16.5. The molecule has 142 valence electrons. The first-order valence-corrected chi connectivity index (χ1v) is 9.39. The van der Waals surface area contributed by atoms with Crippen LogP contribution < -0.4 is 5.32 Å². The molecule has 1 aliphatic carbocycles. The van der Waals surface area contributed by atoms with Gasteiger partial charge in [0.05, 0.1) is 13.2 Å². The summed E-state index contributed by atoms with van der Waals surface area (Å²) in [4.78, 5) is 11.2. The molecule has 25 heavy (non-hydrogen) atoms. The number of nitrogens with one attached hydrogen (secondary N) is 1. The molecule has 1 unspecified atom stereocenters. The van der Waals surface area contributed by atoms with E-state index in [1.54, 1.807) is 0 Å². The average Bonchev–Trinajstić information content (AvgIpc) is 2.55. The Labute approximate surface area is 154 Å². The van der Waals surface area contributed by atoms with Crippen LogP contribution in [-0.4, -0.2) is 25.2 Å². The van der Waals surface area contributed by atoms with Gasteiger partial charge < -0.3 is 10.1 Å². The third-order valence-electron chi connectivity index (χ3n) is 3.84. The van der Waals surface area contributed by atoms with Gasteiger partial charge in [0.2, 0.25) is 0 Å². The van der Waals surface area contributed by atoms with Crippen molar-refractivity contribution in [2.75, 3.05) is 13.2 Å². The zero-order valence-corrected chi connectivity index (χ0v) is 17.0. The lowest BCUT2D eigenvalue weighted by molar-refractivity contribution is -0.142. The fourth-order valence-corrected chi connectivity index (χ4v) is 3.03. The number of ether oxygens (including phenoxy) is 1. The van der Waals surface area contributed by atoms with Gasteiger partial charge >= 0.3 is 5.97 Å². The molecule has 2 rings (SSSR count). The van der Waals surface area contributed by atoms with Crippen molar-refractivity contribution in [3.8, 4) is 0 Å². The van der Waals surface area contributed by atoms with Crippen LogP contribution in [0.3, 0.4) is 0 Å². The van der Waals surface area contributed by atoms with Crippen LogP contribution in [-0.2, 0) is 9.53 Å². The summed E-state index contributed by atoms with van der Waals surface area (Å²) in [5, 5.41) is 3.26. The minimum atomic E-state index is -0.170. The summed E-state index contributed by atoms with van der Waals surface area (Å²) < 4.78 is 4.89. The van der Waals surface area contributed by atoms with E-state index in [9.17, 15) is 4.79 Å². The van der Waals surface area contributed by atoms with E-state index in [2.05, 4.69) is 44.8 Å². The van der Waals surface area contributed by atoms with Crippen molar-refractivity contribution in [1.29, 1.82) is 0 Å². The molecule has 3 nitrogen and oxygen atoms in total. The Hall–Kier alpha value is -1.61. The predicted octanol–water partition coefficient (Wildman–Crippen LogP) is 5.30. The van der Waals surface area contributed by atoms with E-state index in [1.165, 1.54) is 11.1 Å². The summed E-state index contributed by atoms with van der Waals surface area (Å²) in [5.74, 6) is -0.170. The van der Waals surface area contributed by atoms with Gasteiger partial charge in [0.1, 0.15) is 0 Å². The van der Waals surface area contributed by atoms with Gasteiger partial charge in [-0.2, -0.15) is 0 Å². The van der Waals surface area contributed by atoms with Crippen molar-refractivity contribution in [2.45, 2.75) is 66.8 Å². The summed E-state index contributed by atoms with van der Waals surface area (Å²) in [6.45, 7) is 17.2. The second-order valence-corrected chi connectivity index (χ2v) is 7.04. The number of aryl methyl sites for hydroxylation is 1. The minimum Gasteiger partial charge on any atom is -0.465 e. The lowest BCUT2D eigenvalue weighted by Crippen LogP contribution is -2.40. The van der Waals surface area contributed by atoms with E-state index >= 15 is 0 Å². The molecule has 0 radical (unpaired) electrons. The highest BCUT2D eigenvalue weighted by molar-refractivity contribution is 5.71. The van der Waals surface area contributed by atoms with Gasteiger partial charge in [-0.25, -0.2) is 0 Å². The smallest absolute Gasteiger partial charge is 0.319 e. The zero-order chi connectivity index (χ0) is 19.3. The van der Waals surface area contributed by atoms with Gasteiger partial charge in [-0.3, -0.25) is 4.79 Å². The first-order valence-electron chi connectivity index (χ1n) is 9.39. The van der Waals surface area contributed by atoms with Crippen molar-refractivity contribution >= 4 is 5.97 Å². The fraction of sp³-hybridized carbons (Fsp3) is 0.591. The molecular formula is C22H37NO2. The third kappa shape index (κ3) is 11.5. The molecule has 1 N–H and O–H groups in total. The highest BCUT2D eigenvalue weighted by Crippen LogP contribution is 2.37. The molecule has 0 saturated heterocycles. The quantitative estimate of drug-likeness (QED) is 0.593. The van der Waals surface area contributed by atoms with Gasteiger partial charge in [-0.1, -0.05) is 75.7 Å². The monoisotopic (exact) mass is 347 g/mol. The van der Waals surface area contributed by atoms with E-state index in [0.717, 1.165) is 19.3 Å². The van der Waals surface area contributed by atoms with Gasteiger partial charge in [-0.15, -0.1) is 0 Å². The number of hydrogen-bond donors (Lipinski definition) is 1. The SMILES string of the molecule is C=C1CC(NCC(=O)OCC)CC(C)(C)C1.CC.Cc1ccccc1. The second-order valence-electron chi connectivity index (χ2n) is 7.04. The summed E-state index contributed by atoms with van der Waals surface area (Å²) in [5.41, 5.74) is 2.89.